The zero-order valence-electron chi connectivity index (χ0n) is 15.1. The van der Waals surface area contributed by atoms with E-state index in [0.717, 1.165) is 4.57 Å². The molecule has 0 spiro atoms. The number of fused-ring (bicyclic) bond motifs is 1. The van der Waals surface area contributed by atoms with Crippen molar-refractivity contribution in [2.45, 2.75) is 12.6 Å². The maximum absolute atomic E-state index is 12.6. The molecule has 1 aromatic carbocycles. The molecule has 9 nitrogen and oxygen atoms in total. The number of aliphatic hydroxyl groups is 1. The summed E-state index contributed by atoms with van der Waals surface area (Å²) in [5.74, 6) is 0.820. The van der Waals surface area contributed by atoms with E-state index < -0.39 is 17.4 Å². The second-order valence-electron chi connectivity index (χ2n) is 6.07. The van der Waals surface area contributed by atoms with Gasteiger partial charge in [0.1, 0.15) is 18.5 Å². The molecule has 0 bridgehead atoms. The third-order valence-corrected chi connectivity index (χ3v) is 4.55. The fraction of sp³-hybridized carbons (Fsp3) is 0.353. The van der Waals surface area contributed by atoms with Crippen molar-refractivity contribution < 1.29 is 9.84 Å². The normalized spacial score (nSPS) is 12.3. The first-order valence-corrected chi connectivity index (χ1v) is 8.62. The molecule has 0 aliphatic rings. The van der Waals surface area contributed by atoms with E-state index in [2.05, 4.69) is 10.3 Å². The molecule has 2 heterocycles. The molecular formula is C17H20ClN5O4. The summed E-state index contributed by atoms with van der Waals surface area (Å²) in [5, 5.41) is 13.7. The average molecular weight is 394 g/mol. The average Bonchev–Trinajstić information content (AvgIpc) is 3.02. The van der Waals surface area contributed by atoms with E-state index in [1.807, 2.05) is 0 Å². The predicted octanol–water partition coefficient (Wildman–Crippen LogP) is 0.569. The third kappa shape index (κ3) is 3.43. The summed E-state index contributed by atoms with van der Waals surface area (Å²) in [5.41, 5.74) is -0.490. The number of anilines is 1. The molecule has 1 atom stereocenters. The first kappa shape index (κ1) is 19.0. The number of imidazole rings is 1. The van der Waals surface area contributed by atoms with Crippen LogP contribution in [0.3, 0.4) is 0 Å². The Labute approximate surface area is 159 Å². The van der Waals surface area contributed by atoms with Crippen LogP contribution in [-0.4, -0.2) is 43.6 Å². The van der Waals surface area contributed by atoms with Crippen LogP contribution in [0, 0.1) is 0 Å². The highest BCUT2D eigenvalue weighted by Crippen LogP contribution is 2.23. The van der Waals surface area contributed by atoms with Crippen LogP contribution in [0.25, 0.3) is 11.2 Å². The molecule has 0 radical (unpaired) electrons. The highest BCUT2D eigenvalue weighted by molar-refractivity contribution is 6.32. The highest BCUT2D eigenvalue weighted by Gasteiger charge is 2.20. The number of hydrogen-bond donors (Lipinski definition) is 2. The van der Waals surface area contributed by atoms with E-state index in [4.69, 9.17) is 16.3 Å². The highest BCUT2D eigenvalue weighted by atomic mass is 35.5. The summed E-state index contributed by atoms with van der Waals surface area (Å²) in [6.45, 7) is 0.0171. The smallest absolute Gasteiger partial charge is 0.332 e. The van der Waals surface area contributed by atoms with Gasteiger partial charge in [-0.1, -0.05) is 23.7 Å². The van der Waals surface area contributed by atoms with Crippen molar-refractivity contribution in [1.82, 2.24) is 18.7 Å². The lowest BCUT2D eigenvalue weighted by Gasteiger charge is -2.15. The van der Waals surface area contributed by atoms with Crippen molar-refractivity contribution in [2.75, 3.05) is 19.0 Å². The molecule has 3 rings (SSSR count). The van der Waals surface area contributed by atoms with Gasteiger partial charge in [0.15, 0.2) is 11.2 Å². The van der Waals surface area contributed by atoms with E-state index in [1.165, 1.54) is 23.2 Å². The van der Waals surface area contributed by atoms with E-state index in [0.29, 0.717) is 16.7 Å². The Hall–Kier alpha value is -2.78. The fourth-order valence-corrected chi connectivity index (χ4v) is 3.02. The van der Waals surface area contributed by atoms with Crippen molar-refractivity contribution in [3.05, 3.63) is 50.1 Å². The number of hydrogen-bond acceptors (Lipinski definition) is 6. The number of nitrogens with one attached hydrogen (secondary N) is 1. The number of rotatable bonds is 6. The first-order valence-electron chi connectivity index (χ1n) is 8.24. The zero-order valence-corrected chi connectivity index (χ0v) is 15.9. The van der Waals surface area contributed by atoms with Crippen molar-refractivity contribution in [1.29, 1.82) is 0 Å². The van der Waals surface area contributed by atoms with Gasteiger partial charge >= 0.3 is 5.69 Å². The molecule has 0 aliphatic carbocycles. The van der Waals surface area contributed by atoms with Crippen molar-refractivity contribution in [3.63, 3.8) is 0 Å². The molecule has 0 amide bonds. The molecule has 3 aromatic rings. The Bertz CT molecular complexity index is 1100. The van der Waals surface area contributed by atoms with Gasteiger partial charge in [-0.05, 0) is 12.1 Å². The molecule has 144 valence electrons. The van der Waals surface area contributed by atoms with Gasteiger partial charge in [0, 0.05) is 21.1 Å². The Morgan fingerprint density at radius 3 is 2.63 bits per heavy atom. The van der Waals surface area contributed by atoms with Crippen LogP contribution in [0.15, 0.2) is 33.9 Å². The molecule has 0 fully saturated rings. The summed E-state index contributed by atoms with van der Waals surface area (Å²) < 4.78 is 9.39. The van der Waals surface area contributed by atoms with Crippen molar-refractivity contribution >= 4 is 28.7 Å². The van der Waals surface area contributed by atoms with E-state index in [1.54, 1.807) is 31.3 Å². The summed E-state index contributed by atoms with van der Waals surface area (Å²) in [4.78, 5) is 29.0. The van der Waals surface area contributed by atoms with E-state index in [-0.39, 0.29) is 24.3 Å². The Kier molecular flexibility index (Phi) is 5.24. The van der Waals surface area contributed by atoms with Crippen LogP contribution in [-0.2, 0) is 20.6 Å². The molecule has 0 saturated carbocycles. The summed E-state index contributed by atoms with van der Waals surface area (Å²) in [6.07, 6.45) is -0.937. The molecule has 27 heavy (non-hydrogen) atoms. The Morgan fingerprint density at radius 1 is 1.26 bits per heavy atom. The summed E-state index contributed by atoms with van der Waals surface area (Å²) in [6, 6.07) is 6.95. The van der Waals surface area contributed by atoms with Gasteiger partial charge < -0.3 is 19.7 Å². The molecule has 10 heteroatoms. The minimum absolute atomic E-state index is 0.0291. The quantitative estimate of drug-likeness (QED) is 0.634. The maximum Gasteiger partial charge on any atom is 0.332 e. The minimum Gasteiger partial charge on any atom is -0.489 e. The minimum atomic E-state index is -0.937. The fourth-order valence-electron chi connectivity index (χ4n) is 2.83. The van der Waals surface area contributed by atoms with Gasteiger partial charge in [-0.3, -0.25) is 13.9 Å². The number of ether oxygens (including phenoxy) is 1. The number of aryl methyl sites for hydroxylation is 1. The van der Waals surface area contributed by atoms with Crippen LogP contribution in [0.2, 0.25) is 5.02 Å². The Balaban J connectivity index is 1.93. The van der Waals surface area contributed by atoms with Crippen LogP contribution < -0.4 is 21.3 Å². The van der Waals surface area contributed by atoms with Crippen LogP contribution in [0.5, 0.6) is 5.75 Å². The van der Waals surface area contributed by atoms with E-state index >= 15 is 0 Å². The largest absolute Gasteiger partial charge is 0.489 e. The number of benzene rings is 1. The zero-order chi connectivity index (χ0) is 19.7. The van der Waals surface area contributed by atoms with Crippen LogP contribution in [0.4, 0.5) is 5.95 Å². The van der Waals surface area contributed by atoms with Crippen LogP contribution >= 0.6 is 11.6 Å². The van der Waals surface area contributed by atoms with Crippen LogP contribution in [0.1, 0.15) is 0 Å². The SMILES string of the molecule is CNc1nc2c(c(=O)n(C)c(=O)n2C)n1C[C@H](O)COc1ccccc1Cl. The van der Waals surface area contributed by atoms with Crippen molar-refractivity contribution in [2.24, 2.45) is 14.1 Å². The number of halogens is 1. The molecule has 0 saturated heterocycles. The predicted molar refractivity (Wildman–Crippen MR) is 103 cm³/mol. The molecule has 2 N–H and O–H groups in total. The monoisotopic (exact) mass is 393 g/mol. The molecule has 2 aromatic heterocycles. The van der Waals surface area contributed by atoms with E-state index in [9.17, 15) is 14.7 Å². The Morgan fingerprint density at radius 2 is 1.96 bits per heavy atom. The summed E-state index contributed by atoms with van der Waals surface area (Å²) in [7, 11) is 4.59. The lowest BCUT2D eigenvalue weighted by Crippen LogP contribution is -2.38. The standard InChI is InChI=1S/C17H20ClN5O4/c1-19-16-20-14-13(15(25)22(3)17(26)21(14)2)23(16)8-10(24)9-27-12-7-5-4-6-11(12)18/h4-7,10,24H,8-9H2,1-3H3,(H,19,20)/t10-/m0/s1. The third-order valence-electron chi connectivity index (χ3n) is 4.23. The van der Waals surface area contributed by atoms with Crippen molar-refractivity contribution in [3.8, 4) is 5.75 Å². The number of aliphatic hydroxyl groups excluding tert-OH is 1. The van der Waals surface area contributed by atoms with Gasteiger partial charge in [-0.25, -0.2) is 4.79 Å². The number of aromatic nitrogens is 4. The topological polar surface area (TPSA) is 103 Å². The van der Waals surface area contributed by atoms with Gasteiger partial charge in [0.25, 0.3) is 5.56 Å². The second kappa shape index (κ2) is 7.45. The molecular weight excluding hydrogens is 374 g/mol. The lowest BCUT2D eigenvalue weighted by atomic mass is 10.3. The summed E-state index contributed by atoms with van der Waals surface area (Å²) >= 11 is 6.04. The number of nitrogens with zero attached hydrogens (tertiary/aromatic N) is 4. The van der Waals surface area contributed by atoms with Gasteiger partial charge in [-0.15, -0.1) is 0 Å². The number of para-hydroxylation sites is 1. The lowest BCUT2D eigenvalue weighted by molar-refractivity contribution is 0.0939. The maximum atomic E-state index is 12.6. The van der Waals surface area contributed by atoms with Gasteiger partial charge in [0.05, 0.1) is 11.6 Å². The second-order valence-corrected chi connectivity index (χ2v) is 6.48. The molecule has 0 aliphatic heterocycles. The van der Waals surface area contributed by atoms with Gasteiger partial charge in [0.2, 0.25) is 5.95 Å². The van der Waals surface area contributed by atoms with Gasteiger partial charge in [-0.2, -0.15) is 4.98 Å². The molecule has 0 unspecified atom stereocenters. The first-order chi connectivity index (χ1) is 12.8.